The highest BCUT2D eigenvalue weighted by Gasteiger charge is 2.15. The minimum Gasteiger partial charge on any atom is -0.507 e. The molecule has 0 unspecified atom stereocenters. The van der Waals surface area contributed by atoms with Crippen molar-refractivity contribution >= 4 is 16.9 Å². The van der Waals surface area contributed by atoms with E-state index >= 15 is 0 Å². The van der Waals surface area contributed by atoms with Crippen LogP contribution < -0.4 is 15.6 Å². The van der Waals surface area contributed by atoms with Gasteiger partial charge < -0.3 is 35.5 Å². The van der Waals surface area contributed by atoms with Gasteiger partial charge >= 0.3 is 5.97 Å². The van der Waals surface area contributed by atoms with Crippen LogP contribution in [0.1, 0.15) is 34.5 Å². The Balaban J connectivity index is 0.000000319. The first-order valence-corrected chi connectivity index (χ1v) is 11.6. The number of fused-ring (bicyclic) bond motifs is 1. The molecule has 4 aromatic rings. The summed E-state index contributed by atoms with van der Waals surface area (Å²) in [6.45, 7) is 2.42. The third-order valence-corrected chi connectivity index (χ3v) is 5.76. The lowest BCUT2D eigenvalue weighted by atomic mass is 10.0. The second-order valence-electron chi connectivity index (χ2n) is 8.48. The zero-order chi connectivity index (χ0) is 26.9. The van der Waals surface area contributed by atoms with Crippen molar-refractivity contribution < 1.29 is 30.0 Å². The Morgan fingerprint density at radius 1 is 0.973 bits per heavy atom. The normalized spacial score (nSPS) is 12.3. The number of aliphatic hydroxyl groups excluding tert-OH is 1. The smallest absolute Gasteiger partial charge is 0.339 e. The molecule has 0 spiro atoms. The number of aromatic nitrogens is 1. The van der Waals surface area contributed by atoms with E-state index in [1.807, 2.05) is 24.3 Å². The van der Waals surface area contributed by atoms with Crippen molar-refractivity contribution in [2.24, 2.45) is 0 Å². The van der Waals surface area contributed by atoms with E-state index in [4.69, 9.17) is 14.9 Å². The van der Waals surface area contributed by atoms with Gasteiger partial charge in [0.1, 0.15) is 22.8 Å². The van der Waals surface area contributed by atoms with Gasteiger partial charge in [-0.15, -0.1) is 0 Å². The molecule has 0 aliphatic heterocycles. The summed E-state index contributed by atoms with van der Waals surface area (Å²) in [7, 11) is 1.64. The molecule has 4 rings (SSSR count). The first kappa shape index (κ1) is 27.3. The van der Waals surface area contributed by atoms with E-state index < -0.39 is 12.1 Å². The number of pyridine rings is 1. The molecule has 194 valence electrons. The zero-order valence-electron chi connectivity index (χ0n) is 20.5. The average molecular weight is 507 g/mol. The van der Waals surface area contributed by atoms with Crippen LogP contribution in [0.4, 0.5) is 0 Å². The number of ether oxygens (including phenoxy) is 1. The van der Waals surface area contributed by atoms with Gasteiger partial charge in [-0.2, -0.15) is 0 Å². The minimum absolute atomic E-state index is 0.0144. The number of benzene rings is 3. The van der Waals surface area contributed by atoms with Crippen LogP contribution in [0, 0.1) is 0 Å². The molecular weight excluding hydrogens is 476 g/mol. The van der Waals surface area contributed by atoms with Gasteiger partial charge in [-0.25, -0.2) is 4.79 Å². The number of aromatic hydroxyl groups is 2. The van der Waals surface area contributed by atoms with Crippen molar-refractivity contribution in [1.29, 1.82) is 0 Å². The standard InChI is InChI=1S/C21H24N2O4.C7H6O3/c1-13(11-14-3-5-15(27-2)6-4-14)22-12-19(25)16-7-9-18(24)21-17(16)8-10-20(26)23-21;8-6-4-2-1-3-5(6)7(9)10/h3-10,13,19,22,24-25H,11-12H2,1-2H3,(H,23,26);1-4,8H,(H,9,10)/t13-,19+;/m1./s1. The summed E-state index contributed by atoms with van der Waals surface area (Å²) in [5.41, 5.74) is 1.81. The Bertz CT molecular complexity index is 1400. The van der Waals surface area contributed by atoms with Gasteiger partial charge in [0.15, 0.2) is 0 Å². The number of hydrogen-bond acceptors (Lipinski definition) is 7. The van der Waals surface area contributed by atoms with Crippen molar-refractivity contribution in [3.63, 3.8) is 0 Å². The lowest BCUT2D eigenvalue weighted by Crippen LogP contribution is -2.32. The maximum atomic E-state index is 11.5. The summed E-state index contributed by atoms with van der Waals surface area (Å²) in [6, 6.07) is 20.1. The lowest BCUT2D eigenvalue weighted by molar-refractivity contribution is 0.0693. The number of hydrogen-bond donors (Lipinski definition) is 6. The highest BCUT2D eigenvalue weighted by molar-refractivity contribution is 5.90. The van der Waals surface area contributed by atoms with Crippen molar-refractivity contribution in [1.82, 2.24) is 10.3 Å². The molecule has 0 aliphatic rings. The molecule has 9 heteroatoms. The number of para-hydroxylation sites is 1. The van der Waals surface area contributed by atoms with E-state index in [0.29, 0.717) is 23.0 Å². The Labute approximate surface area is 213 Å². The van der Waals surface area contributed by atoms with Crippen LogP contribution >= 0.6 is 0 Å². The maximum absolute atomic E-state index is 11.5. The first-order chi connectivity index (χ1) is 17.7. The third-order valence-electron chi connectivity index (χ3n) is 5.76. The minimum atomic E-state index is -1.11. The molecule has 0 aliphatic carbocycles. The molecule has 37 heavy (non-hydrogen) atoms. The number of aliphatic hydroxyl groups is 1. The quantitative estimate of drug-likeness (QED) is 0.212. The number of rotatable bonds is 8. The van der Waals surface area contributed by atoms with Crippen LogP contribution in [-0.2, 0) is 6.42 Å². The monoisotopic (exact) mass is 506 g/mol. The zero-order valence-corrected chi connectivity index (χ0v) is 20.5. The molecule has 0 fully saturated rings. The fourth-order valence-corrected chi connectivity index (χ4v) is 3.81. The highest BCUT2D eigenvalue weighted by Crippen LogP contribution is 2.28. The van der Waals surface area contributed by atoms with E-state index in [1.165, 1.54) is 29.8 Å². The lowest BCUT2D eigenvalue weighted by Gasteiger charge is -2.19. The number of nitrogens with one attached hydrogen (secondary N) is 2. The Morgan fingerprint density at radius 2 is 1.68 bits per heavy atom. The molecule has 0 saturated heterocycles. The molecule has 0 radical (unpaired) electrons. The van der Waals surface area contributed by atoms with E-state index in [9.17, 15) is 19.8 Å². The largest absolute Gasteiger partial charge is 0.507 e. The van der Waals surface area contributed by atoms with Gasteiger partial charge in [-0.1, -0.05) is 30.3 Å². The summed E-state index contributed by atoms with van der Waals surface area (Å²) < 4.78 is 5.16. The van der Waals surface area contributed by atoms with Gasteiger partial charge in [0, 0.05) is 24.0 Å². The molecule has 1 aromatic heterocycles. The molecular formula is C28H30N2O7. The number of carboxylic acids is 1. The molecule has 1 heterocycles. The Morgan fingerprint density at radius 3 is 2.30 bits per heavy atom. The van der Waals surface area contributed by atoms with Crippen molar-refractivity contribution in [3.8, 4) is 17.2 Å². The van der Waals surface area contributed by atoms with Gasteiger partial charge in [0.05, 0.1) is 18.7 Å². The molecule has 0 bridgehead atoms. The van der Waals surface area contributed by atoms with E-state index in [1.54, 1.807) is 31.4 Å². The molecule has 0 amide bonds. The third kappa shape index (κ3) is 7.33. The second kappa shape index (κ2) is 12.6. The fraction of sp³-hybridized carbons (Fsp3) is 0.214. The Hall–Kier alpha value is -4.34. The summed E-state index contributed by atoms with van der Waals surface area (Å²) in [6.07, 6.45) is 0.0534. The van der Waals surface area contributed by atoms with E-state index in [0.717, 1.165) is 12.2 Å². The topological polar surface area (TPSA) is 152 Å². The Kier molecular flexibility index (Phi) is 9.26. The SMILES string of the molecule is COc1ccc(C[C@@H](C)NC[C@H](O)c2ccc(O)c3[nH]c(=O)ccc23)cc1.O=C(O)c1ccccc1O. The molecule has 6 N–H and O–H groups in total. The molecule has 2 atom stereocenters. The number of methoxy groups -OCH3 is 1. The van der Waals surface area contributed by atoms with Crippen LogP contribution in [0.25, 0.3) is 10.9 Å². The van der Waals surface area contributed by atoms with Crippen molar-refractivity contribution in [2.45, 2.75) is 25.5 Å². The van der Waals surface area contributed by atoms with Crippen LogP contribution in [-0.4, -0.2) is 51.1 Å². The van der Waals surface area contributed by atoms with Gasteiger partial charge in [-0.05, 0) is 60.9 Å². The van der Waals surface area contributed by atoms with Crippen LogP contribution in [0.2, 0.25) is 0 Å². The highest BCUT2D eigenvalue weighted by atomic mass is 16.5. The molecule has 3 aromatic carbocycles. The number of aromatic carboxylic acids is 1. The summed E-state index contributed by atoms with van der Waals surface area (Å²) in [5, 5.41) is 41.8. The maximum Gasteiger partial charge on any atom is 0.339 e. The number of H-pyrrole nitrogens is 1. The van der Waals surface area contributed by atoms with Gasteiger partial charge in [0.25, 0.3) is 0 Å². The van der Waals surface area contributed by atoms with Crippen molar-refractivity contribution in [2.75, 3.05) is 13.7 Å². The molecule has 0 saturated carbocycles. The predicted octanol–water partition coefficient (Wildman–Crippen LogP) is 3.59. The van der Waals surface area contributed by atoms with E-state index in [2.05, 4.69) is 17.2 Å². The fourth-order valence-electron chi connectivity index (χ4n) is 3.81. The summed E-state index contributed by atoms with van der Waals surface area (Å²) in [5.74, 6) is -0.500. The number of phenolic OH excluding ortho intramolecular Hbond substituents is 1. The summed E-state index contributed by atoms with van der Waals surface area (Å²) in [4.78, 5) is 24.4. The number of phenols is 2. The average Bonchev–Trinajstić information content (AvgIpc) is 2.89. The van der Waals surface area contributed by atoms with Crippen LogP contribution in [0.3, 0.4) is 0 Å². The number of carboxylic acid groups (broad SMARTS) is 1. The van der Waals surface area contributed by atoms with Crippen LogP contribution in [0.15, 0.2) is 77.6 Å². The number of aromatic amines is 1. The van der Waals surface area contributed by atoms with Crippen molar-refractivity contribution in [3.05, 3.63) is 99.8 Å². The van der Waals surface area contributed by atoms with E-state index in [-0.39, 0.29) is 28.7 Å². The molecule has 9 nitrogen and oxygen atoms in total. The predicted molar refractivity (Wildman–Crippen MR) is 140 cm³/mol. The number of carbonyl (C=O) groups is 1. The first-order valence-electron chi connectivity index (χ1n) is 11.6. The second-order valence-corrected chi connectivity index (χ2v) is 8.48. The summed E-state index contributed by atoms with van der Waals surface area (Å²) >= 11 is 0. The van der Waals surface area contributed by atoms with Crippen LogP contribution in [0.5, 0.6) is 17.2 Å². The van der Waals surface area contributed by atoms with Gasteiger partial charge in [-0.3, -0.25) is 4.79 Å². The van der Waals surface area contributed by atoms with Gasteiger partial charge in [0.2, 0.25) is 5.56 Å².